The van der Waals surface area contributed by atoms with Gasteiger partial charge in [-0.15, -0.1) is 5.10 Å². The first-order valence-electron chi connectivity index (χ1n) is 10.5. The Morgan fingerprint density at radius 2 is 1.85 bits per heavy atom. The fraction of sp³-hybridized carbons (Fsp3) is 0.208. The van der Waals surface area contributed by atoms with Crippen molar-refractivity contribution in [2.45, 2.75) is 18.3 Å². The number of ether oxygens (including phenoxy) is 2. The molecule has 176 valence electrons. The topological polar surface area (TPSA) is 74.1 Å². The molecule has 0 radical (unpaired) electrons. The molecule has 1 N–H and O–H groups in total. The summed E-state index contributed by atoms with van der Waals surface area (Å²) in [7, 11) is 1.63. The smallest absolute Gasteiger partial charge is 0.214 e. The van der Waals surface area contributed by atoms with Crippen molar-refractivity contribution >= 4 is 35.0 Å². The SMILES string of the molecule is COc1cc(CNCCSc2nnnn2-c2ccccc2)ccc1OCc1ccc(Cl)cc1Cl. The fourth-order valence-electron chi connectivity index (χ4n) is 3.18. The van der Waals surface area contributed by atoms with Crippen LogP contribution in [0.1, 0.15) is 11.1 Å². The van der Waals surface area contributed by atoms with E-state index < -0.39 is 0 Å². The minimum atomic E-state index is 0.323. The number of halogens is 2. The zero-order chi connectivity index (χ0) is 23.8. The molecule has 34 heavy (non-hydrogen) atoms. The van der Waals surface area contributed by atoms with Crippen LogP contribution in [0.25, 0.3) is 5.69 Å². The maximum Gasteiger partial charge on any atom is 0.214 e. The van der Waals surface area contributed by atoms with E-state index in [2.05, 4.69) is 20.8 Å². The molecule has 1 heterocycles. The summed E-state index contributed by atoms with van der Waals surface area (Å²) in [6, 6.07) is 21.1. The van der Waals surface area contributed by atoms with Crippen LogP contribution < -0.4 is 14.8 Å². The molecule has 0 aliphatic rings. The number of thioether (sulfide) groups is 1. The third-order valence-electron chi connectivity index (χ3n) is 4.91. The van der Waals surface area contributed by atoms with Gasteiger partial charge in [0.25, 0.3) is 0 Å². The zero-order valence-corrected chi connectivity index (χ0v) is 20.8. The van der Waals surface area contributed by atoms with Crippen molar-refractivity contribution in [3.8, 4) is 17.2 Å². The maximum absolute atomic E-state index is 6.23. The first-order valence-corrected chi connectivity index (χ1v) is 12.3. The van der Waals surface area contributed by atoms with Gasteiger partial charge in [0.1, 0.15) is 6.61 Å². The minimum absolute atomic E-state index is 0.323. The fourth-order valence-corrected chi connectivity index (χ4v) is 4.43. The Morgan fingerprint density at radius 3 is 2.65 bits per heavy atom. The second-order valence-electron chi connectivity index (χ2n) is 7.24. The van der Waals surface area contributed by atoms with E-state index in [4.69, 9.17) is 32.7 Å². The Hall–Kier alpha value is -2.78. The van der Waals surface area contributed by atoms with Crippen molar-refractivity contribution in [1.82, 2.24) is 25.5 Å². The molecule has 4 aromatic rings. The van der Waals surface area contributed by atoms with Crippen LogP contribution in [-0.2, 0) is 13.2 Å². The molecule has 0 aliphatic carbocycles. The van der Waals surface area contributed by atoms with E-state index in [0.717, 1.165) is 34.3 Å². The van der Waals surface area contributed by atoms with Gasteiger partial charge in [0, 0.05) is 34.5 Å². The third-order valence-corrected chi connectivity index (χ3v) is 6.42. The van der Waals surface area contributed by atoms with Crippen molar-refractivity contribution in [3.05, 3.63) is 87.9 Å². The number of aromatic nitrogens is 4. The summed E-state index contributed by atoms with van der Waals surface area (Å²) in [6.45, 7) is 1.81. The molecule has 0 saturated carbocycles. The summed E-state index contributed by atoms with van der Waals surface area (Å²) in [5, 5.41) is 17.4. The van der Waals surface area contributed by atoms with Gasteiger partial charge in [-0.05, 0) is 52.4 Å². The third kappa shape index (κ3) is 6.42. The van der Waals surface area contributed by atoms with Crippen LogP contribution >= 0.6 is 35.0 Å². The molecule has 7 nitrogen and oxygen atoms in total. The second kappa shape index (κ2) is 12.1. The number of para-hydroxylation sites is 1. The summed E-state index contributed by atoms with van der Waals surface area (Å²) >= 11 is 13.8. The Kier molecular flexibility index (Phi) is 8.65. The van der Waals surface area contributed by atoms with Gasteiger partial charge >= 0.3 is 0 Å². The number of hydrogen-bond donors (Lipinski definition) is 1. The van der Waals surface area contributed by atoms with Crippen molar-refractivity contribution in [1.29, 1.82) is 0 Å². The molecular formula is C24H23Cl2N5O2S. The van der Waals surface area contributed by atoms with Gasteiger partial charge in [-0.2, -0.15) is 4.68 Å². The molecule has 1 aromatic heterocycles. The Morgan fingerprint density at radius 1 is 1.00 bits per heavy atom. The lowest BCUT2D eigenvalue weighted by Crippen LogP contribution is -2.17. The predicted octanol–water partition coefficient (Wildman–Crippen LogP) is 5.44. The molecule has 3 aromatic carbocycles. The van der Waals surface area contributed by atoms with Crippen molar-refractivity contribution in [2.75, 3.05) is 19.4 Å². The Bertz CT molecular complexity index is 1220. The van der Waals surface area contributed by atoms with E-state index in [9.17, 15) is 0 Å². The molecule has 0 fully saturated rings. The molecule has 0 saturated heterocycles. The lowest BCUT2D eigenvalue weighted by Gasteiger charge is -2.13. The highest BCUT2D eigenvalue weighted by molar-refractivity contribution is 7.99. The van der Waals surface area contributed by atoms with Crippen LogP contribution in [0.4, 0.5) is 0 Å². The number of hydrogen-bond acceptors (Lipinski definition) is 7. The van der Waals surface area contributed by atoms with E-state index in [-0.39, 0.29) is 0 Å². The lowest BCUT2D eigenvalue weighted by molar-refractivity contribution is 0.284. The van der Waals surface area contributed by atoms with Crippen molar-refractivity contribution in [3.63, 3.8) is 0 Å². The van der Waals surface area contributed by atoms with Crippen molar-refractivity contribution in [2.24, 2.45) is 0 Å². The van der Waals surface area contributed by atoms with E-state index >= 15 is 0 Å². The number of methoxy groups -OCH3 is 1. The quantitative estimate of drug-likeness (QED) is 0.210. The highest BCUT2D eigenvalue weighted by atomic mass is 35.5. The van der Waals surface area contributed by atoms with E-state index in [1.165, 1.54) is 0 Å². The summed E-state index contributed by atoms with van der Waals surface area (Å²) in [5.74, 6) is 2.15. The van der Waals surface area contributed by atoms with Crippen LogP contribution in [0.5, 0.6) is 11.5 Å². The normalized spacial score (nSPS) is 10.9. The van der Waals surface area contributed by atoms with E-state index in [1.54, 1.807) is 35.7 Å². The van der Waals surface area contributed by atoms with Gasteiger partial charge in [-0.25, -0.2) is 0 Å². The molecule has 0 amide bonds. The van der Waals surface area contributed by atoms with Crippen molar-refractivity contribution < 1.29 is 9.47 Å². The highest BCUT2D eigenvalue weighted by Crippen LogP contribution is 2.30. The number of nitrogens with one attached hydrogen (secondary N) is 1. The summed E-state index contributed by atoms with van der Waals surface area (Å²) in [6.07, 6.45) is 0. The highest BCUT2D eigenvalue weighted by Gasteiger charge is 2.10. The number of rotatable bonds is 11. The molecule has 0 spiro atoms. The summed E-state index contributed by atoms with van der Waals surface area (Å²) in [5.41, 5.74) is 2.89. The van der Waals surface area contributed by atoms with Gasteiger partial charge in [0.2, 0.25) is 5.16 Å². The van der Waals surface area contributed by atoms with Gasteiger partial charge in [-0.1, -0.05) is 65.3 Å². The largest absolute Gasteiger partial charge is 0.493 e. The summed E-state index contributed by atoms with van der Waals surface area (Å²) in [4.78, 5) is 0. The van der Waals surface area contributed by atoms with Crippen LogP contribution in [-0.4, -0.2) is 39.6 Å². The average molecular weight is 516 g/mol. The minimum Gasteiger partial charge on any atom is -0.493 e. The molecular weight excluding hydrogens is 493 g/mol. The standard InChI is InChI=1S/C24H23Cl2N5O2S/c1-32-23-13-17(7-10-22(23)33-16-18-8-9-19(25)14-21(18)26)15-27-11-12-34-24-28-29-30-31(24)20-5-3-2-4-6-20/h2-10,13-14,27H,11-12,15-16H2,1H3. The maximum atomic E-state index is 6.23. The zero-order valence-electron chi connectivity index (χ0n) is 18.4. The van der Waals surface area contributed by atoms with Gasteiger partial charge in [-0.3, -0.25) is 0 Å². The van der Waals surface area contributed by atoms with Crippen LogP contribution in [0.15, 0.2) is 71.9 Å². The monoisotopic (exact) mass is 515 g/mol. The number of tetrazole rings is 1. The van der Waals surface area contributed by atoms with E-state index in [1.807, 2.05) is 54.6 Å². The first-order chi connectivity index (χ1) is 16.6. The first kappa shape index (κ1) is 24.3. The molecule has 10 heteroatoms. The van der Waals surface area contributed by atoms with Gasteiger partial charge < -0.3 is 14.8 Å². The molecule has 0 unspecified atom stereocenters. The van der Waals surface area contributed by atoms with Crippen LogP contribution in [0.3, 0.4) is 0 Å². The molecule has 0 aliphatic heterocycles. The molecule has 0 atom stereocenters. The van der Waals surface area contributed by atoms with Crippen LogP contribution in [0.2, 0.25) is 10.0 Å². The Balaban J connectivity index is 1.26. The number of benzene rings is 3. The number of nitrogens with zero attached hydrogens (tertiary/aromatic N) is 4. The van der Waals surface area contributed by atoms with Crippen LogP contribution in [0, 0.1) is 0 Å². The molecule has 0 bridgehead atoms. The average Bonchev–Trinajstić information content (AvgIpc) is 3.33. The Labute approximate surface area is 212 Å². The molecule has 4 rings (SSSR count). The van der Waals surface area contributed by atoms with E-state index in [0.29, 0.717) is 34.7 Å². The lowest BCUT2D eigenvalue weighted by atomic mass is 10.2. The second-order valence-corrected chi connectivity index (χ2v) is 9.15. The van der Waals surface area contributed by atoms with Gasteiger partial charge in [0.15, 0.2) is 11.5 Å². The predicted molar refractivity (Wildman–Crippen MR) is 135 cm³/mol. The van der Waals surface area contributed by atoms with Gasteiger partial charge in [0.05, 0.1) is 12.8 Å². The summed E-state index contributed by atoms with van der Waals surface area (Å²) < 4.78 is 13.2.